The van der Waals surface area contributed by atoms with Gasteiger partial charge in [-0.3, -0.25) is 4.79 Å². The topological polar surface area (TPSA) is 59.0 Å². The number of fused-ring (bicyclic) bond motifs is 1. The number of aryl methyl sites for hydroxylation is 2. The highest BCUT2D eigenvalue weighted by Crippen LogP contribution is 2.29. The second-order valence-electron chi connectivity index (χ2n) is 4.48. The number of hydrogen-bond acceptors (Lipinski definition) is 3. The molecule has 2 heterocycles. The first-order valence-corrected chi connectivity index (χ1v) is 6.29. The number of anilines is 2. The van der Waals surface area contributed by atoms with E-state index in [0.717, 1.165) is 36.6 Å². The first-order valence-electron chi connectivity index (χ1n) is 6.29. The van der Waals surface area contributed by atoms with Gasteiger partial charge in [0.1, 0.15) is 11.5 Å². The summed E-state index contributed by atoms with van der Waals surface area (Å²) in [6, 6.07) is 0. The van der Waals surface area contributed by atoms with Crippen molar-refractivity contribution < 1.29 is 4.79 Å². The summed E-state index contributed by atoms with van der Waals surface area (Å²) in [7, 11) is 0. The van der Waals surface area contributed by atoms with Crippen molar-refractivity contribution >= 4 is 17.4 Å². The minimum absolute atomic E-state index is 0.0529. The highest BCUT2D eigenvalue weighted by molar-refractivity contribution is 5.97. The summed E-state index contributed by atoms with van der Waals surface area (Å²) >= 11 is 0. The van der Waals surface area contributed by atoms with Gasteiger partial charge in [0.05, 0.1) is 11.6 Å². The Balaban J connectivity index is 2.28. The predicted octanol–water partition coefficient (Wildman–Crippen LogP) is 1.99. The van der Waals surface area contributed by atoms with Gasteiger partial charge in [-0.25, -0.2) is 4.68 Å². The van der Waals surface area contributed by atoms with Crippen molar-refractivity contribution in [2.24, 2.45) is 5.92 Å². The number of carbonyl (C=O) groups is 1. The van der Waals surface area contributed by atoms with Crippen LogP contribution in [0.15, 0.2) is 0 Å². The number of amides is 1. The average Bonchev–Trinajstić information content (AvgIpc) is 2.50. The molecule has 5 heteroatoms. The van der Waals surface area contributed by atoms with Crippen molar-refractivity contribution in [3.8, 4) is 0 Å². The summed E-state index contributed by atoms with van der Waals surface area (Å²) in [5.41, 5.74) is 1.72. The molecule has 0 spiro atoms. The highest BCUT2D eigenvalue weighted by Gasteiger charge is 2.26. The molecule has 0 aliphatic carbocycles. The summed E-state index contributed by atoms with van der Waals surface area (Å²) in [4.78, 5) is 12.0. The van der Waals surface area contributed by atoms with E-state index in [-0.39, 0.29) is 11.8 Å². The normalized spacial score (nSPS) is 19.2. The maximum atomic E-state index is 12.0. The van der Waals surface area contributed by atoms with E-state index in [1.807, 2.05) is 18.5 Å². The lowest BCUT2D eigenvalue weighted by Gasteiger charge is -2.12. The van der Waals surface area contributed by atoms with E-state index in [1.54, 1.807) is 0 Å². The Morgan fingerprint density at radius 1 is 1.47 bits per heavy atom. The number of hydrogen-bond donors (Lipinski definition) is 2. The molecule has 1 aliphatic rings. The minimum atomic E-state index is 0.0529. The molecule has 0 bridgehead atoms. The molecule has 94 valence electrons. The molecule has 2 rings (SSSR count). The number of nitrogens with one attached hydrogen (secondary N) is 2. The van der Waals surface area contributed by atoms with Gasteiger partial charge in [0, 0.05) is 13.1 Å². The van der Waals surface area contributed by atoms with Gasteiger partial charge >= 0.3 is 0 Å². The van der Waals surface area contributed by atoms with Crippen molar-refractivity contribution in [1.82, 2.24) is 9.78 Å². The first kappa shape index (κ1) is 12.0. The van der Waals surface area contributed by atoms with E-state index in [2.05, 4.69) is 22.7 Å². The summed E-state index contributed by atoms with van der Waals surface area (Å²) < 4.78 is 1.90. The maximum Gasteiger partial charge on any atom is 0.229 e. The zero-order valence-corrected chi connectivity index (χ0v) is 10.7. The van der Waals surface area contributed by atoms with Crippen LogP contribution in [0.1, 0.15) is 32.4 Å². The summed E-state index contributed by atoms with van der Waals surface area (Å²) in [5, 5.41) is 10.7. The fraction of sp³-hybridized carbons (Fsp3) is 0.667. The van der Waals surface area contributed by atoms with E-state index < -0.39 is 0 Å². The molecule has 0 saturated carbocycles. The Morgan fingerprint density at radius 3 is 2.88 bits per heavy atom. The van der Waals surface area contributed by atoms with Gasteiger partial charge in [-0.2, -0.15) is 5.10 Å². The molecule has 5 nitrogen and oxygen atoms in total. The van der Waals surface area contributed by atoms with Crippen molar-refractivity contribution in [3.05, 3.63) is 5.69 Å². The van der Waals surface area contributed by atoms with Crippen LogP contribution in [-0.4, -0.2) is 22.2 Å². The zero-order valence-electron chi connectivity index (χ0n) is 10.7. The van der Waals surface area contributed by atoms with Gasteiger partial charge in [0.15, 0.2) is 0 Å². The van der Waals surface area contributed by atoms with Gasteiger partial charge in [0.25, 0.3) is 0 Å². The van der Waals surface area contributed by atoms with Crippen LogP contribution in [0.4, 0.5) is 11.5 Å². The molecule has 1 amide bonds. The van der Waals surface area contributed by atoms with E-state index in [0.29, 0.717) is 6.54 Å². The monoisotopic (exact) mass is 236 g/mol. The lowest BCUT2D eigenvalue weighted by molar-refractivity contribution is -0.119. The van der Waals surface area contributed by atoms with E-state index >= 15 is 0 Å². The average molecular weight is 236 g/mol. The van der Waals surface area contributed by atoms with Gasteiger partial charge in [-0.05, 0) is 20.3 Å². The van der Waals surface area contributed by atoms with Gasteiger partial charge in [-0.1, -0.05) is 13.3 Å². The summed E-state index contributed by atoms with van der Waals surface area (Å²) in [6.07, 6.45) is 1.94. The maximum absolute atomic E-state index is 12.0. The largest absolute Gasteiger partial charge is 0.368 e. The molecule has 0 aromatic carbocycles. The van der Waals surface area contributed by atoms with E-state index in [9.17, 15) is 4.79 Å². The smallest absolute Gasteiger partial charge is 0.229 e. The van der Waals surface area contributed by atoms with Crippen LogP contribution in [-0.2, 0) is 11.3 Å². The Bertz CT molecular complexity index is 424. The SMILES string of the molecule is CCCC1CNc2c(c(C)nn2CC)NC1=O. The Hall–Kier alpha value is -1.52. The number of carbonyl (C=O) groups excluding carboxylic acids is 1. The Kier molecular flexibility index (Phi) is 3.36. The van der Waals surface area contributed by atoms with Crippen LogP contribution >= 0.6 is 0 Å². The van der Waals surface area contributed by atoms with Crippen molar-refractivity contribution in [2.45, 2.75) is 40.2 Å². The molecule has 1 atom stereocenters. The van der Waals surface area contributed by atoms with Gasteiger partial charge in [-0.15, -0.1) is 0 Å². The fourth-order valence-electron chi connectivity index (χ4n) is 2.26. The minimum Gasteiger partial charge on any atom is -0.368 e. The number of rotatable bonds is 3. The van der Waals surface area contributed by atoms with Crippen LogP contribution < -0.4 is 10.6 Å². The highest BCUT2D eigenvalue weighted by atomic mass is 16.2. The molecule has 0 saturated heterocycles. The molecule has 1 aromatic rings. The predicted molar refractivity (Wildman–Crippen MR) is 68.2 cm³/mol. The number of aromatic nitrogens is 2. The molecule has 1 unspecified atom stereocenters. The zero-order chi connectivity index (χ0) is 12.4. The lowest BCUT2D eigenvalue weighted by atomic mass is 10.0. The third kappa shape index (κ3) is 2.14. The fourth-order valence-corrected chi connectivity index (χ4v) is 2.26. The van der Waals surface area contributed by atoms with Crippen LogP contribution in [0.5, 0.6) is 0 Å². The van der Waals surface area contributed by atoms with E-state index in [1.165, 1.54) is 0 Å². The first-order chi connectivity index (χ1) is 8.17. The van der Waals surface area contributed by atoms with Gasteiger partial charge < -0.3 is 10.6 Å². The number of nitrogens with zero attached hydrogens (tertiary/aromatic N) is 2. The van der Waals surface area contributed by atoms with Crippen molar-refractivity contribution in [1.29, 1.82) is 0 Å². The molecule has 2 N–H and O–H groups in total. The molecule has 0 radical (unpaired) electrons. The van der Waals surface area contributed by atoms with Gasteiger partial charge in [0.2, 0.25) is 5.91 Å². The van der Waals surface area contributed by atoms with E-state index in [4.69, 9.17) is 0 Å². The van der Waals surface area contributed by atoms with Crippen LogP contribution in [0, 0.1) is 12.8 Å². The third-order valence-electron chi connectivity index (χ3n) is 3.20. The second-order valence-corrected chi connectivity index (χ2v) is 4.48. The molecular formula is C12H20N4O. The Labute approximate surface area is 102 Å². The van der Waals surface area contributed by atoms with Crippen LogP contribution in [0.2, 0.25) is 0 Å². The van der Waals surface area contributed by atoms with Crippen LogP contribution in [0.3, 0.4) is 0 Å². The van der Waals surface area contributed by atoms with Crippen molar-refractivity contribution in [2.75, 3.05) is 17.2 Å². The summed E-state index contributed by atoms with van der Waals surface area (Å²) in [5.74, 6) is 1.10. The molecule has 0 fully saturated rings. The molecular weight excluding hydrogens is 216 g/mol. The molecule has 1 aliphatic heterocycles. The second kappa shape index (κ2) is 4.77. The molecule has 1 aromatic heterocycles. The quantitative estimate of drug-likeness (QED) is 0.843. The standard InChI is InChI=1S/C12H20N4O/c1-4-6-9-7-13-11-10(14-12(9)17)8(3)15-16(11)5-2/h9,13H,4-7H2,1-3H3,(H,14,17). The lowest BCUT2D eigenvalue weighted by Crippen LogP contribution is -2.26. The Morgan fingerprint density at radius 2 is 2.24 bits per heavy atom. The van der Waals surface area contributed by atoms with Crippen molar-refractivity contribution in [3.63, 3.8) is 0 Å². The molecule has 17 heavy (non-hydrogen) atoms. The summed E-state index contributed by atoms with van der Waals surface area (Å²) in [6.45, 7) is 7.57. The third-order valence-corrected chi connectivity index (χ3v) is 3.20. The van der Waals surface area contributed by atoms with Crippen LogP contribution in [0.25, 0.3) is 0 Å².